The number of benzene rings is 1. The van der Waals surface area contributed by atoms with E-state index < -0.39 is 0 Å². The molecule has 1 N–H and O–H groups in total. The van der Waals surface area contributed by atoms with E-state index in [0.29, 0.717) is 6.04 Å². The first-order valence-electron chi connectivity index (χ1n) is 7.54. The fraction of sp³-hybridized carbons (Fsp3) is 0.471. The monoisotopic (exact) mass is 272 g/mol. The van der Waals surface area contributed by atoms with Crippen LogP contribution in [0.15, 0.2) is 41.2 Å². The summed E-state index contributed by atoms with van der Waals surface area (Å²) in [5.41, 5.74) is 1.14. The zero-order chi connectivity index (χ0) is 14.4. The number of unbranched alkanes of at least 4 members (excludes halogenated alkanes) is 1. The predicted molar refractivity (Wildman–Crippen MR) is 85.2 cm³/mol. The number of aromatic nitrogens is 1. The van der Waals surface area contributed by atoms with Crippen molar-refractivity contribution in [1.29, 1.82) is 0 Å². The van der Waals surface area contributed by atoms with Crippen LogP contribution in [0, 0.1) is 0 Å². The van der Waals surface area contributed by atoms with Gasteiger partial charge in [0.05, 0.1) is 5.52 Å². The number of nitrogens with zero attached hydrogens (tertiary/aromatic N) is 1. The van der Waals surface area contributed by atoms with Crippen molar-refractivity contribution in [2.24, 2.45) is 0 Å². The Bertz CT molecular complexity index is 603. The lowest BCUT2D eigenvalue weighted by atomic mass is 10.1. The summed E-state index contributed by atoms with van der Waals surface area (Å²) in [6.45, 7) is 6.17. The molecule has 0 aliphatic rings. The normalized spacial score (nSPS) is 12.7. The number of pyridine rings is 1. The Labute approximate surface area is 120 Å². The average Bonchev–Trinajstić information content (AvgIpc) is 2.45. The molecule has 0 spiro atoms. The predicted octanol–water partition coefficient (Wildman–Crippen LogP) is 3.17. The molecule has 3 heteroatoms. The third-order valence-electron chi connectivity index (χ3n) is 3.72. The van der Waals surface area contributed by atoms with E-state index in [4.69, 9.17) is 0 Å². The quantitative estimate of drug-likeness (QED) is 0.786. The second-order valence-corrected chi connectivity index (χ2v) is 5.34. The van der Waals surface area contributed by atoms with Gasteiger partial charge < -0.3 is 9.88 Å². The first-order chi connectivity index (χ1) is 9.72. The van der Waals surface area contributed by atoms with Gasteiger partial charge in [0.15, 0.2) is 0 Å². The van der Waals surface area contributed by atoms with Crippen molar-refractivity contribution in [1.82, 2.24) is 9.88 Å². The molecule has 0 amide bonds. The summed E-state index contributed by atoms with van der Waals surface area (Å²) in [7, 11) is 0. The van der Waals surface area contributed by atoms with E-state index in [2.05, 4.69) is 25.2 Å². The van der Waals surface area contributed by atoms with Gasteiger partial charge in [-0.25, -0.2) is 0 Å². The van der Waals surface area contributed by atoms with Crippen LogP contribution >= 0.6 is 0 Å². The third-order valence-corrected chi connectivity index (χ3v) is 3.72. The number of hydrogen-bond donors (Lipinski definition) is 1. The molecule has 0 saturated carbocycles. The minimum absolute atomic E-state index is 0.100. The van der Waals surface area contributed by atoms with E-state index >= 15 is 0 Å². The second-order valence-electron chi connectivity index (χ2n) is 5.34. The average molecular weight is 272 g/mol. The van der Waals surface area contributed by atoms with E-state index in [1.54, 1.807) is 6.07 Å². The summed E-state index contributed by atoms with van der Waals surface area (Å²) in [5, 5.41) is 4.55. The molecule has 1 unspecified atom stereocenters. The molecule has 20 heavy (non-hydrogen) atoms. The van der Waals surface area contributed by atoms with Gasteiger partial charge in [0.2, 0.25) is 0 Å². The number of fused-ring (bicyclic) bond motifs is 1. The molecule has 1 atom stereocenters. The molecular formula is C17H24N2O. The molecule has 2 aromatic rings. The Morgan fingerprint density at radius 3 is 2.75 bits per heavy atom. The molecule has 0 saturated heterocycles. The second kappa shape index (κ2) is 7.25. The molecule has 0 radical (unpaired) electrons. The number of hydrogen-bond acceptors (Lipinski definition) is 2. The van der Waals surface area contributed by atoms with Gasteiger partial charge in [-0.2, -0.15) is 0 Å². The van der Waals surface area contributed by atoms with E-state index in [1.807, 2.05) is 28.8 Å². The van der Waals surface area contributed by atoms with Crippen LogP contribution in [0.2, 0.25) is 0 Å². The number of para-hydroxylation sites is 1. The van der Waals surface area contributed by atoms with Crippen molar-refractivity contribution in [3.8, 4) is 0 Å². The van der Waals surface area contributed by atoms with Crippen molar-refractivity contribution < 1.29 is 0 Å². The highest BCUT2D eigenvalue weighted by Crippen LogP contribution is 2.12. The highest BCUT2D eigenvalue weighted by Gasteiger charge is 2.03. The minimum atomic E-state index is 0.100. The van der Waals surface area contributed by atoms with Crippen LogP contribution < -0.4 is 10.9 Å². The van der Waals surface area contributed by atoms with Gasteiger partial charge in [-0.1, -0.05) is 31.5 Å². The first kappa shape index (κ1) is 14.8. The molecule has 0 aliphatic carbocycles. The minimum Gasteiger partial charge on any atom is -0.315 e. The highest BCUT2D eigenvalue weighted by molar-refractivity contribution is 5.78. The molecule has 1 heterocycles. The fourth-order valence-electron chi connectivity index (χ4n) is 2.65. The summed E-state index contributed by atoms with van der Waals surface area (Å²) in [6, 6.07) is 12.2. The van der Waals surface area contributed by atoms with Crippen LogP contribution in [0.5, 0.6) is 0 Å². The lowest BCUT2D eigenvalue weighted by Gasteiger charge is -2.13. The Hall–Kier alpha value is -1.61. The van der Waals surface area contributed by atoms with E-state index in [-0.39, 0.29) is 5.56 Å². The maximum atomic E-state index is 12.0. The van der Waals surface area contributed by atoms with Crippen molar-refractivity contribution >= 4 is 10.9 Å². The van der Waals surface area contributed by atoms with Gasteiger partial charge >= 0.3 is 0 Å². The van der Waals surface area contributed by atoms with E-state index in [0.717, 1.165) is 43.3 Å². The molecule has 2 rings (SSSR count). The Morgan fingerprint density at radius 2 is 1.95 bits per heavy atom. The molecule has 3 nitrogen and oxygen atoms in total. The van der Waals surface area contributed by atoms with Gasteiger partial charge in [0.25, 0.3) is 5.56 Å². The van der Waals surface area contributed by atoms with Crippen molar-refractivity contribution in [3.63, 3.8) is 0 Å². The van der Waals surface area contributed by atoms with Crippen molar-refractivity contribution in [2.45, 2.75) is 45.7 Å². The van der Waals surface area contributed by atoms with Crippen LogP contribution in [-0.4, -0.2) is 17.2 Å². The van der Waals surface area contributed by atoms with Gasteiger partial charge in [0, 0.05) is 18.7 Å². The van der Waals surface area contributed by atoms with Crippen LogP contribution in [0.1, 0.15) is 33.1 Å². The van der Waals surface area contributed by atoms with Gasteiger partial charge in [0.1, 0.15) is 0 Å². The summed E-state index contributed by atoms with van der Waals surface area (Å²) in [4.78, 5) is 12.0. The zero-order valence-corrected chi connectivity index (χ0v) is 12.4. The lowest BCUT2D eigenvalue weighted by Crippen LogP contribution is -2.25. The van der Waals surface area contributed by atoms with Gasteiger partial charge in [-0.05, 0) is 43.8 Å². The summed E-state index contributed by atoms with van der Waals surface area (Å²) >= 11 is 0. The molecule has 1 aromatic heterocycles. The number of aryl methyl sites for hydroxylation is 1. The molecule has 108 valence electrons. The summed E-state index contributed by atoms with van der Waals surface area (Å²) < 4.78 is 1.90. The Balaban J connectivity index is 1.99. The van der Waals surface area contributed by atoms with E-state index in [1.165, 1.54) is 0 Å². The lowest BCUT2D eigenvalue weighted by molar-refractivity contribution is 0.486. The van der Waals surface area contributed by atoms with Crippen LogP contribution in [0.4, 0.5) is 0 Å². The fourth-order valence-corrected chi connectivity index (χ4v) is 2.65. The largest absolute Gasteiger partial charge is 0.315 e. The SMILES string of the molecule is CCNC(C)CCCCn1c(=O)ccc2ccccc21. The summed E-state index contributed by atoms with van der Waals surface area (Å²) in [5.74, 6) is 0. The van der Waals surface area contributed by atoms with Crippen LogP contribution in [0.3, 0.4) is 0 Å². The molecule has 0 bridgehead atoms. The summed E-state index contributed by atoms with van der Waals surface area (Å²) in [6.07, 6.45) is 3.35. The molecular weight excluding hydrogens is 248 g/mol. The highest BCUT2D eigenvalue weighted by atomic mass is 16.1. The van der Waals surface area contributed by atoms with Crippen molar-refractivity contribution in [2.75, 3.05) is 6.54 Å². The standard InChI is InChI=1S/C17H24N2O/c1-3-18-14(2)8-6-7-13-19-16-10-5-4-9-15(16)11-12-17(19)20/h4-5,9-12,14,18H,3,6-8,13H2,1-2H3. The number of rotatable bonds is 7. The topological polar surface area (TPSA) is 34.0 Å². The van der Waals surface area contributed by atoms with Crippen LogP contribution in [0.25, 0.3) is 10.9 Å². The smallest absolute Gasteiger partial charge is 0.251 e. The Morgan fingerprint density at radius 1 is 1.15 bits per heavy atom. The zero-order valence-electron chi connectivity index (χ0n) is 12.4. The number of nitrogens with one attached hydrogen (secondary N) is 1. The van der Waals surface area contributed by atoms with Gasteiger partial charge in [-0.15, -0.1) is 0 Å². The third kappa shape index (κ3) is 3.70. The maximum absolute atomic E-state index is 12.0. The molecule has 1 aromatic carbocycles. The Kier molecular flexibility index (Phi) is 5.36. The molecule has 0 fully saturated rings. The molecule has 0 aliphatic heterocycles. The van der Waals surface area contributed by atoms with Crippen molar-refractivity contribution in [3.05, 3.63) is 46.8 Å². The van der Waals surface area contributed by atoms with E-state index in [9.17, 15) is 4.79 Å². The van der Waals surface area contributed by atoms with Gasteiger partial charge in [-0.3, -0.25) is 4.79 Å². The first-order valence-corrected chi connectivity index (χ1v) is 7.54. The maximum Gasteiger partial charge on any atom is 0.251 e. The van der Waals surface area contributed by atoms with Crippen LogP contribution in [-0.2, 0) is 6.54 Å².